The van der Waals surface area contributed by atoms with Gasteiger partial charge in [0, 0.05) is 24.3 Å². The van der Waals surface area contributed by atoms with E-state index >= 15 is 0 Å². The van der Waals surface area contributed by atoms with E-state index in [9.17, 15) is 13.2 Å². The third-order valence-electron chi connectivity index (χ3n) is 4.47. The van der Waals surface area contributed by atoms with Gasteiger partial charge < -0.3 is 5.32 Å². The third kappa shape index (κ3) is 4.31. The second kappa shape index (κ2) is 8.50. The Morgan fingerprint density at radius 3 is 2.39 bits per heavy atom. The number of hydrogen-bond donors (Lipinski definition) is 1. The number of carbonyl (C=O) groups excluding carboxylic acids is 1. The Hall–Kier alpha value is -2.11. The van der Waals surface area contributed by atoms with Gasteiger partial charge in [-0.3, -0.25) is 4.79 Å². The summed E-state index contributed by atoms with van der Waals surface area (Å²) in [4.78, 5) is 12.5. The lowest BCUT2D eigenvalue weighted by Gasteiger charge is -2.26. The fraction of sp³-hybridized carbons (Fsp3) is 0.263. The molecule has 146 valence electrons. The van der Waals surface area contributed by atoms with Gasteiger partial charge in [0.15, 0.2) is 0 Å². The molecule has 0 bridgehead atoms. The highest BCUT2D eigenvalue weighted by Gasteiger charge is 2.28. The number of amides is 1. The summed E-state index contributed by atoms with van der Waals surface area (Å²) in [7, 11) is -3.77. The van der Waals surface area contributed by atoms with Crippen LogP contribution >= 0.6 is 23.2 Å². The maximum Gasteiger partial charge on any atom is 0.255 e. The Labute approximate surface area is 173 Å². The Balaban J connectivity index is 1.87. The number of carbonyl (C=O) groups is 1. The van der Waals surface area contributed by atoms with Gasteiger partial charge in [0.1, 0.15) is 11.0 Å². The van der Waals surface area contributed by atoms with E-state index in [2.05, 4.69) is 5.32 Å². The van der Waals surface area contributed by atoms with Crippen LogP contribution in [0.25, 0.3) is 0 Å². The van der Waals surface area contributed by atoms with E-state index in [4.69, 9.17) is 28.5 Å². The highest BCUT2D eigenvalue weighted by atomic mass is 35.5. The Morgan fingerprint density at radius 2 is 1.75 bits per heavy atom. The summed E-state index contributed by atoms with van der Waals surface area (Å²) in [6, 6.07) is 10.6. The molecule has 1 aliphatic heterocycles. The summed E-state index contributed by atoms with van der Waals surface area (Å²) >= 11 is 12.1. The van der Waals surface area contributed by atoms with Gasteiger partial charge in [-0.2, -0.15) is 9.57 Å². The van der Waals surface area contributed by atoms with Gasteiger partial charge in [-0.05, 0) is 49.2 Å². The monoisotopic (exact) mass is 437 g/mol. The maximum atomic E-state index is 12.9. The molecule has 2 aromatic rings. The van der Waals surface area contributed by atoms with Crippen LogP contribution in [0.3, 0.4) is 0 Å². The Bertz CT molecular complexity index is 1060. The van der Waals surface area contributed by atoms with Gasteiger partial charge in [-0.15, -0.1) is 0 Å². The van der Waals surface area contributed by atoms with Crippen LogP contribution in [-0.4, -0.2) is 31.7 Å². The van der Waals surface area contributed by atoms with Crippen molar-refractivity contribution in [2.24, 2.45) is 0 Å². The maximum absolute atomic E-state index is 12.9. The van der Waals surface area contributed by atoms with Crippen molar-refractivity contribution in [3.63, 3.8) is 0 Å². The van der Waals surface area contributed by atoms with Crippen LogP contribution < -0.4 is 5.32 Å². The SMILES string of the molecule is N#Cc1ccc(NC(=O)c2ccc(Cl)c(S(=O)(=O)N3CCCCC3)c2)cc1Cl. The van der Waals surface area contributed by atoms with Crippen LogP contribution in [0.2, 0.25) is 10.0 Å². The normalized spacial score (nSPS) is 15.0. The summed E-state index contributed by atoms with van der Waals surface area (Å²) in [5.41, 5.74) is 0.839. The molecule has 1 fully saturated rings. The first-order valence-electron chi connectivity index (χ1n) is 8.63. The van der Waals surface area contributed by atoms with Gasteiger partial charge >= 0.3 is 0 Å². The number of piperidine rings is 1. The quantitative estimate of drug-likeness (QED) is 0.771. The van der Waals surface area contributed by atoms with Crippen LogP contribution in [0.15, 0.2) is 41.3 Å². The minimum absolute atomic E-state index is 0.0727. The largest absolute Gasteiger partial charge is 0.322 e. The zero-order valence-corrected chi connectivity index (χ0v) is 17.1. The molecular formula is C19H17Cl2N3O3S. The molecule has 1 aliphatic rings. The molecule has 0 saturated carbocycles. The molecular weight excluding hydrogens is 421 g/mol. The summed E-state index contributed by atoms with van der Waals surface area (Å²) in [6.45, 7) is 0.887. The first-order chi connectivity index (χ1) is 13.3. The highest BCUT2D eigenvalue weighted by Crippen LogP contribution is 2.28. The predicted octanol–water partition coefficient (Wildman–Crippen LogP) is 4.29. The van der Waals surface area contributed by atoms with Crippen molar-refractivity contribution >= 4 is 44.8 Å². The average molecular weight is 438 g/mol. The lowest BCUT2D eigenvalue weighted by atomic mass is 10.2. The number of nitrogens with zero attached hydrogens (tertiary/aromatic N) is 2. The van der Waals surface area contributed by atoms with E-state index < -0.39 is 15.9 Å². The summed E-state index contributed by atoms with van der Waals surface area (Å²) in [5.74, 6) is -0.507. The van der Waals surface area contributed by atoms with Gasteiger partial charge in [0.2, 0.25) is 10.0 Å². The molecule has 1 amide bonds. The molecule has 3 rings (SSSR count). The van der Waals surface area contributed by atoms with Crippen LogP contribution in [0.5, 0.6) is 0 Å². The second-order valence-electron chi connectivity index (χ2n) is 6.37. The lowest BCUT2D eigenvalue weighted by Crippen LogP contribution is -2.35. The molecule has 0 aromatic heterocycles. The standard InChI is InChI=1S/C19H17Cl2N3O3S/c20-16-7-5-13(10-18(16)28(26,27)24-8-2-1-3-9-24)19(25)23-15-6-4-14(12-22)17(21)11-15/h4-7,10-11H,1-3,8-9H2,(H,23,25). The van der Waals surface area contributed by atoms with Gasteiger partial charge in [0.05, 0.1) is 15.6 Å². The number of sulfonamides is 1. The van der Waals surface area contributed by atoms with Crippen LogP contribution in [0, 0.1) is 11.3 Å². The molecule has 1 N–H and O–H groups in total. The van der Waals surface area contributed by atoms with E-state index in [-0.39, 0.29) is 20.5 Å². The smallest absolute Gasteiger partial charge is 0.255 e. The van der Waals surface area contributed by atoms with Crippen molar-refractivity contribution in [1.82, 2.24) is 4.31 Å². The summed E-state index contributed by atoms with van der Waals surface area (Å²) < 4.78 is 27.2. The number of anilines is 1. The van der Waals surface area contributed by atoms with Crippen LogP contribution in [-0.2, 0) is 10.0 Å². The zero-order valence-electron chi connectivity index (χ0n) is 14.8. The molecule has 0 radical (unpaired) electrons. The number of hydrogen-bond acceptors (Lipinski definition) is 4. The minimum atomic E-state index is -3.77. The van der Waals surface area contributed by atoms with Crippen LogP contribution in [0.4, 0.5) is 5.69 Å². The highest BCUT2D eigenvalue weighted by molar-refractivity contribution is 7.89. The van der Waals surface area contributed by atoms with E-state index in [1.54, 1.807) is 6.07 Å². The zero-order chi connectivity index (χ0) is 20.3. The number of nitrogens with one attached hydrogen (secondary N) is 1. The fourth-order valence-electron chi connectivity index (χ4n) is 2.97. The van der Waals surface area contributed by atoms with Crippen molar-refractivity contribution in [3.8, 4) is 6.07 Å². The molecule has 28 heavy (non-hydrogen) atoms. The molecule has 0 unspecified atom stereocenters. The van der Waals surface area contributed by atoms with Crippen LogP contribution in [0.1, 0.15) is 35.2 Å². The molecule has 1 heterocycles. The third-order valence-corrected chi connectivity index (χ3v) is 7.17. The molecule has 0 aliphatic carbocycles. The number of halogens is 2. The average Bonchev–Trinajstić information content (AvgIpc) is 2.69. The van der Waals surface area contributed by atoms with Crippen molar-refractivity contribution in [1.29, 1.82) is 5.26 Å². The van der Waals surface area contributed by atoms with E-state index in [1.807, 2.05) is 6.07 Å². The van der Waals surface area contributed by atoms with E-state index in [0.29, 0.717) is 24.3 Å². The Kier molecular flexibility index (Phi) is 6.26. The topological polar surface area (TPSA) is 90.3 Å². The summed E-state index contributed by atoms with van der Waals surface area (Å²) in [6.07, 6.45) is 2.60. The molecule has 2 aromatic carbocycles. The van der Waals surface area contributed by atoms with Crippen molar-refractivity contribution in [3.05, 3.63) is 57.6 Å². The van der Waals surface area contributed by atoms with Crippen molar-refractivity contribution < 1.29 is 13.2 Å². The minimum Gasteiger partial charge on any atom is -0.322 e. The molecule has 6 nitrogen and oxygen atoms in total. The number of nitriles is 1. The van der Waals surface area contributed by atoms with Gasteiger partial charge in [0.25, 0.3) is 5.91 Å². The Morgan fingerprint density at radius 1 is 1.04 bits per heavy atom. The van der Waals surface area contributed by atoms with E-state index in [0.717, 1.165) is 19.3 Å². The first-order valence-corrected chi connectivity index (χ1v) is 10.8. The second-order valence-corrected chi connectivity index (χ2v) is 9.09. The lowest BCUT2D eigenvalue weighted by molar-refractivity contribution is 0.102. The first kappa shape index (κ1) is 20.6. The summed E-state index contributed by atoms with van der Waals surface area (Å²) in [5, 5.41) is 11.8. The number of rotatable bonds is 4. The molecule has 9 heteroatoms. The van der Waals surface area contributed by atoms with Crippen molar-refractivity contribution in [2.45, 2.75) is 24.2 Å². The van der Waals surface area contributed by atoms with Gasteiger partial charge in [-0.25, -0.2) is 8.42 Å². The number of benzene rings is 2. The van der Waals surface area contributed by atoms with Crippen molar-refractivity contribution in [2.75, 3.05) is 18.4 Å². The van der Waals surface area contributed by atoms with Gasteiger partial charge in [-0.1, -0.05) is 29.6 Å². The molecule has 1 saturated heterocycles. The fourth-order valence-corrected chi connectivity index (χ4v) is 5.21. The molecule has 0 atom stereocenters. The van der Waals surface area contributed by atoms with E-state index in [1.165, 1.54) is 34.6 Å². The molecule has 0 spiro atoms. The predicted molar refractivity (Wildman–Crippen MR) is 108 cm³/mol.